The van der Waals surface area contributed by atoms with E-state index < -0.39 is 6.04 Å². The van der Waals surface area contributed by atoms with Crippen molar-refractivity contribution in [2.24, 2.45) is 0 Å². The second kappa shape index (κ2) is 9.02. The van der Waals surface area contributed by atoms with Gasteiger partial charge in [-0.3, -0.25) is 9.59 Å². The summed E-state index contributed by atoms with van der Waals surface area (Å²) in [5.74, 6) is -0.00845. The van der Waals surface area contributed by atoms with Gasteiger partial charge in [0.05, 0.1) is 18.2 Å². The number of aromatic amines is 2. The number of aromatic nitrogens is 3. The number of hydrogen-bond donors (Lipinski definition) is 3. The fraction of sp³-hybridized carbons (Fsp3) is 0.269. The Morgan fingerprint density at radius 1 is 1.06 bits per heavy atom. The highest BCUT2D eigenvalue weighted by molar-refractivity contribution is 5.92. The van der Waals surface area contributed by atoms with E-state index in [9.17, 15) is 14.0 Å². The molecule has 7 heteroatoms. The molecule has 4 aromatic rings. The van der Waals surface area contributed by atoms with Gasteiger partial charge in [-0.15, -0.1) is 0 Å². The summed E-state index contributed by atoms with van der Waals surface area (Å²) in [5.41, 5.74) is 6.27. The molecule has 2 aromatic heterocycles. The Hall–Kier alpha value is -3.74. The number of amides is 1. The zero-order valence-corrected chi connectivity index (χ0v) is 19.2. The molecule has 33 heavy (non-hydrogen) atoms. The Kier molecular flexibility index (Phi) is 6.14. The van der Waals surface area contributed by atoms with Crippen molar-refractivity contribution < 1.29 is 9.18 Å². The topological polar surface area (TPSA) is 90.6 Å². The van der Waals surface area contributed by atoms with Crippen molar-refractivity contribution in [1.29, 1.82) is 0 Å². The minimum atomic E-state index is -0.458. The van der Waals surface area contributed by atoms with Crippen molar-refractivity contribution >= 4 is 16.8 Å². The van der Waals surface area contributed by atoms with E-state index in [0.29, 0.717) is 17.9 Å². The van der Waals surface area contributed by atoms with Crippen LogP contribution >= 0.6 is 0 Å². The maximum Gasteiger partial charge on any atom is 0.251 e. The number of hydrogen-bond acceptors (Lipinski definition) is 3. The van der Waals surface area contributed by atoms with Crippen LogP contribution in [-0.2, 0) is 17.6 Å². The van der Waals surface area contributed by atoms with Crippen molar-refractivity contribution in [1.82, 2.24) is 20.3 Å². The number of carbonyl (C=O) groups excluding carboxylic acids is 1. The van der Waals surface area contributed by atoms with Crippen LogP contribution < -0.4 is 10.9 Å². The number of aryl methyl sites for hydroxylation is 4. The molecule has 1 atom stereocenters. The number of H-pyrrole nitrogens is 2. The summed E-state index contributed by atoms with van der Waals surface area (Å²) in [6, 6.07) is 11.2. The van der Waals surface area contributed by atoms with E-state index in [1.807, 2.05) is 20.8 Å². The molecule has 0 saturated heterocycles. The fourth-order valence-corrected chi connectivity index (χ4v) is 4.46. The van der Waals surface area contributed by atoms with Gasteiger partial charge in [0.2, 0.25) is 5.91 Å². The number of fused-ring (bicyclic) bond motifs is 1. The predicted molar refractivity (Wildman–Crippen MR) is 127 cm³/mol. The summed E-state index contributed by atoms with van der Waals surface area (Å²) in [4.78, 5) is 35.5. The van der Waals surface area contributed by atoms with Crippen molar-refractivity contribution in [3.63, 3.8) is 0 Å². The molecule has 2 aromatic carbocycles. The Morgan fingerprint density at radius 2 is 1.79 bits per heavy atom. The number of nitrogens with one attached hydrogen (secondary N) is 3. The summed E-state index contributed by atoms with van der Waals surface area (Å²) in [6.07, 6.45) is 0.516. The maximum atomic E-state index is 13.5. The van der Waals surface area contributed by atoms with Crippen molar-refractivity contribution in [3.05, 3.63) is 98.1 Å². The molecule has 3 N–H and O–H groups in total. The Bertz CT molecular complexity index is 1390. The first kappa shape index (κ1) is 22.5. The van der Waals surface area contributed by atoms with Gasteiger partial charge in [0, 0.05) is 29.1 Å². The monoisotopic (exact) mass is 446 g/mol. The molecule has 0 aliphatic carbocycles. The van der Waals surface area contributed by atoms with Crippen LogP contribution in [0.1, 0.15) is 45.5 Å². The lowest BCUT2D eigenvalue weighted by molar-refractivity contribution is -0.121. The number of halogens is 1. The molecule has 1 amide bonds. The normalized spacial score (nSPS) is 12.2. The average molecular weight is 447 g/mol. The van der Waals surface area contributed by atoms with Crippen LogP contribution in [0.2, 0.25) is 0 Å². The Morgan fingerprint density at radius 3 is 2.48 bits per heavy atom. The van der Waals surface area contributed by atoms with E-state index in [1.165, 1.54) is 18.2 Å². The molecule has 0 aliphatic heterocycles. The summed E-state index contributed by atoms with van der Waals surface area (Å²) in [6.45, 7) is 7.77. The largest absolute Gasteiger partial charge is 0.358 e. The SMILES string of the molecule is Cc1cc(C)c2c(CC(=O)NC(Cc3cc(=O)[nH]c(C)n3)c3ccc(F)cc3)c(C)[nH]c2c1. The van der Waals surface area contributed by atoms with Crippen LogP contribution in [0.25, 0.3) is 10.9 Å². The van der Waals surface area contributed by atoms with Crippen LogP contribution in [0.5, 0.6) is 0 Å². The van der Waals surface area contributed by atoms with E-state index in [0.717, 1.165) is 38.9 Å². The van der Waals surface area contributed by atoms with Crippen LogP contribution in [0, 0.1) is 33.5 Å². The van der Waals surface area contributed by atoms with E-state index in [-0.39, 0.29) is 23.7 Å². The zero-order valence-electron chi connectivity index (χ0n) is 19.2. The van der Waals surface area contributed by atoms with Gasteiger partial charge in [-0.1, -0.05) is 18.2 Å². The summed E-state index contributed by atoms with van der Waals surface area (Å²) >= 11 is 0. The van der Waals surface area contributed by atoms with E-state index in [2.05, 4.69) is 32.4 Å². The second-order valence-electron chi connectivity index (χ2n) is 8.61. The highest BCUT2D eigenvalue weighted by Gasteiger charge is 2.20. The molecular formula is C26H27FN4O2. The van der Waals surface area contributed by atoms with Gasteiger partial charge in [0.1, 0.15) is 11.6 Å². The molecule has 170 valence electrons. The van der Waals surface area contributed by atoms with E-state index >= 15 is 0 Å². The highest BCUT2D eigenvalue weighted by Crippen LogP contribution is 2.28. The number of nitrogens with zero attached hydrogens (tertiary/aromatic N) is 1. The summed E-state index contributed by atoms with van der Waals surface area (Å²) < 4.78 is 13.5. The fourth-order valence-electron chi connectivity index (χ4n) is 4.46. The first-order valence-electron chi connectivity index (χ1n) is 10.9. The molecule has 0 saturated carbocycles. The van der Waals surface area contributed by atoms with Crippen LogP contribution in [-0.4, -0.2) is 20.9 Å². The van der Waals surface area contributed by atoms with Gasteiger partial charge < -0.3 is 15.3 Å². The molecule has 0 fully saturated rings. The first-order chi connectivity index (χ1) is 15.7. The lowest BCUT2D eigenvalue weighted by atomic mass is 9.99. The number of rotatable bonds is 6. The first-order valence-corrected chi connectivity index (χ1v) is 10.9. The predicted octanol–water partition coefficient (Wildman–Crippen LogP) is 4.27. The standard InChI is InChI=1S/C26H27FN4O2/c1-14-9-15(2)26-21(16(3)28-23(26)10-14)13-25(33)31-22(18-5-7-19(27)8-6-18)11-20-12-24(32)30-17(4)29-20/h5-10,12,22,28H,11,13H2,1-4H3,(H,31,33)(H,29,30,32). The number of benzene rings is 2. The third-order valence-corrected chi connectivity index (χ3v) is 5.83. The van der Waals surface area contributed by atoms with Gasteiger partial charge in [-0.05, 0) is 68.1 Å². The van der Waals surface area contributed by atoms with E-state index in [1.54, 1.807) is 19.1 Å². The molecule has 0 radical (unpaired) electrons. The lowest BCUT2D eigenvalue weighted by Crippen LogP contribution is -2.32. The van der Waals surface area contributed by atoms with Crippen molar-refractivity contribution in [2.45, 2.75) is 46.6 Å². The molecule has 1 unspecified atom stereocenters. The van der Waals surface area contributed by atoms with Gasteiger partial charge in [0.15, 0.2) is 0 Å². The summed E-state index contributed by atoms with van der Waals surface area (Å²) in [7, 11) is 0. The van der Waals surface area contributed by atoms with Gasteiger partial charge in [0.25, 0.3) is 5.56 Å². The quantitative estimate of drug-likeness (QED) is 0.413. The van der Waals surface area contributed by atoms with Gasteiger partial charge in [-0.2, -0.15) is 0 Å². The Labute approximate surface area is 191 Å². The molecule has 4 rings (SSSR count). The number of carbonyl (C=O) groups is 1. The molecule has 6 nitrogen and oxygen atoms in total. The molecule has 0 bridgehead atoms. The smallest absolute Gasteiger partial charge is 0.251 e. The molecule has 2 heterocycles. The lowest BCUT2D eigenvalue weighted by Gasteiger charge is -2.19. The molecular weight excluding hydrogens is 419 g/mol. The molecule has 0 spiro atoms. The minimum Gasteiger partial charge on any atom is -0.358 e. The van der Waals surface area contributed by atoms with Crippen molar-refractivity contribution in [3.8, 4) is 0 Å². The van der Waals surface area contributed by atoms with Crippen LogP contribution in [0.15, 0.2) is 47.3 Å². The minimum absolute atomic E-state index is 0.158. The second-order valence-corrected chi connectivity index (χ2v) is 8.61. The van der Waals surface area contributed by atoms with Crippen LogP contribution in [0.4, 0.5) is 4.39 Å². The zero-order chi connectivity index (χ0) is 23.7. The Balaban J connectivity index is 1.63. The van der Waals surface area contributed by atoms with Gasteiger partial charge in [-0.25, -0.2) is 9.37 Å². The van der Waals surface area contributed by atoms with Crippen molar-refractivity contribution in [2.75, 3.05) is 0 Å². The average Bonchev–Trinajstić information content (AvgIpc) is 3.02. The highest BCUT2D eigenvalue weighted by atomic mass is 19.1. The third kappa shape index (κ3) is 5.03. The van der Waals surface area contributed by atoms with Gasteiger partial charge >= 0.3 is 0 Å². The third-order valence-electron chi connectivity index (χ3n) is 5.83. The van der Waals surface area contributed by atoms with E-state index in [4.69, 9.17) is 0 Å². The summed E-state index contributed by atoms with van der Waals surface area (Å²) in [5, 5.41) is 4.14. The molecule has 0 aliphatic rings. The maximum absolute atomic E-state index is 13.5. The van der Waals surface area contributed by atoms with Crippen LogP contribution in [0.3, 0.4) is 0 Å².